The number of likely N-dealkylation sites (N-methyl/N-ethyl adjacent to an activating group) is 1. The van der Waals surface area contributed by atoms with Gasteiger partial charge in [0.25, 0.3) is 0 Å². The van der Waals surface area contributed by atoms with Gasteiger partial charge in [0.15, 0.2) is 0 Å². The van der Waals surface area contributed by atoms with Gasteiger partial charge >= 0.3 is 0 Å². The molecule has 1 aliphatic rings. The van der Waals surface area contributed by atoms with Crippen LogP contribution in [-0.2, 0) is 11.2 Å². The first-order valence-corrected chi connectivity index (χ1v) is 6.55. The molecule has 0 N–H and O–H groups in total. The van der Waals surface area contributed by atoms with Gasteiger partial charge in [-0.1, -0.05) is 11.6 Å². The third kappa shape index (κ3) is 2.97. The standard InChI is InChI=1S/C11H15ClN2OS/c1-13-4-6-14(7-5-13)11(15)8-9-2-3-10(12)16-9/h2-3H,4-8H2,1H3. The minimum absolute atomic E-state index is 0.214. The molecule has 1 saturated heterocycles. The third-order valence-electron chi connectivity index (χ3n) is 2.81. The molecule has 88 valence electrons. The van der Waals surface area contributed by atoms with Gasteiger partial charge in [-0.2, -0.15) is 0 Å². The molecule has 16 heavy (non-hydrogen) atoms. The quantitative estimate of drug-likeness (QED) is 0.807. The van der Waals surface area contributed by atoms with Crippen LogP contribution in [0, 0.1) is 0 Å². The van der Waals surface area contributed by atoms with Gasteiger partial charge in [-0.25, -0.2) is 0 Å². The van der Waals surface area contributed by atoms with Crippen LogP contribution in [0.4, 0.5) is 0 Å². The number of nitrogens with zero attached hydrogens (tertiary/aromatic N) is 2. The van der Waals surface area contributed by atoms with E-state index in [2.05, 4.69) is 11.9 Å². The number of carbonyl (C=O) groups is 1. The summed E-state index contributed by atoms with van der Waals surface area (Å²) in [4.78, 5) is 17.2. The maximum absolute atomic E-state index is 12.0. The van der Waals surface area contributed by atoms with E-state index >= 15 is 0 Å². The maximum Gasteiger partial charge on any atom is 0.227 e. The molecular formula is C11H15ClN2OS. The lowest BCUT2D eigenvalue weighted by molar-refractivity contribution is -0.131. The van der Waals surface area contributed by atoms with Gasteiger partial charge in [-0.3, -0.25) is 4.79 Å². The van der Waals surface area contributed by atoms with Crippen LogP contribution in [0.5, 0.6) is 0 Å². The third-order valence-corrected chi connectivity index (χ3v) is 4.04. The Balaban J connectivity index is 1.88. The van der Waals surface area contributed by atoms with E-state index < -0.39 is 0 Å². The Morgan fingerprint density at radius 3 is 2.62 bits per heavy atom. The van der Waals surface area contributed by atoms with Crippen molar-refractivity contribution >= 4 is 28.8 Å². The molecule has 0 aliphatic carbocycles. The summed E-state index contributed by atoms with van der Waals surface area (Å²) in [5.74, 6) is 0.214. The highest BCUT2D eigenvalue weighted by Crippen LogP contribution is 2.22. The first-order chi connectivity index (χ1) is 7.65. The Morgan fingerprint density at radius 2 is 2.06 bits per heavy atom. The van der Waals surface area contributed by atoms with Gasteiger partial charge in [0, 0.05) is 31.1 Å². The molecule has 0 unspecified atom stereocenters. The molecule has 2 heterocycles. The van der Waals surface area contributed by atoms with Crippen LogP contribution in [0.25, 0.3) is 0 Å². The maximum atomic E-state index is 12.0. The highest BCUT2D eigenvalue weighted by Gasteiger charge is 2.19. The number of rotatable bonds is 2. The van der Waals surface area contributed by atoms with Gasteiger partial charge in [0.2, 0.25) is 5.91 Å². The van der Waals surface area contributed by atoms with Crippen molar-refractivity contribution in [3.8, 4) is 0 Å². The van der Waals surface area contributed by atoms with Gasteiger partial charge in [-0.15, -0.1) is 11.3 Å². The Kier molecular flexibility index (Phi) is 3.84. The SMILES string of the molecule is CN1CCN(C(=O)Cc2ccc(Cl)s2)CC1. The van der Waals surface area contributed by atoms with Crippen molar-refractivity contribution in [1.29, 1.82) is 0 Å². The molecule has 1 aliphatic heterocycles. The molecule has 5 heteroatoms. The molecule has 1 aromatic rings. The monoisotopic (exact) mass is 258 g/mol. The van der Waals surface area contributed by atoms with E-state index in [9.17, 15) is 4.79 Å². The Morgan fingerprint density at radius 1 is 1.38 bits per heavy atom. The average molecular weight is 259 g/mol. The van der Waals surface area contributed by atoms with Crippen LogP contribution in [0.15, 0.2) is 12.1 Å². The summed E-state index contributed by atoms with van der Waals surface area (Å²) in [7, 11) is 2.08. The van der Waals surface area contributed by atoms with Crippen molar-refractivity contribution in [2.45, 2.75) is 6.42 Å². The summed E-state index contributed by atoms with van der Waals surface area (Å²) >= 11 is 7.32. The fourth-order valence-electron chi connectivity index (χ4n) is 1.76. The molecule has 0 bridgehead atoms. The second-order valence-corrected chi connectivity index (χ2v) is 5.87. The van der Waals surface area contributed by atoms with Crippen molar-refractivity contribution in [3.05, 3.63) is 21.3 Å². The van der Waals surface area contributed by atoms with Gasteiger partial charge in [-0.05, 0) is 19.2 Å². The molecular weight excluding hydrogens is 244 g/mol. The average Bonchev–Trinajstić information content (AvgIpc) is 2.65. The predicted molar refractivity (Wildman–Crippen MR) is 67.1 cm³/mol. The van der Waals surface area contributed by atoms with E-state index in [1.807, 2.05) is 17.0 Å². The summed E-state index contributed by atoms with van der Waals surface area (Å²) in [6.45, 7) is 3.62. The van der Waals surface area contributed by atoms with Crippen LogP contribution in [-0.4, -0.2) is 48.9 Å². The lowest BCUT2D eigenvalue weighted by atomic mass is 10.2. The number of piperazine rings is 1. The van der Waals surface area contributed by atoms with E-state index in [-0.39, 0.29) is 5.91 Å². The number of halogens is 1. The zero-order valence-electron chi connectivity index (χ0n) is 9.28. The van der Waals surface area contributed by atoms with Crippen LogP contribution in [0.2, 0.25) is 4.34 Å². The topological polar surface area (TPSA) is 23.6 Å². The van der Waals surface area contributed by atoms with Crippen molar-refractivity contribution in [3.63, 3.8) is 0 Å². The van der Waals surface area contributed by atoms with Gasteiger partial charge < -0.3 is 9.80 Å². The summed E-state index contributed by atoms with van der Waals surface area (Å²) in [6, 6.07) is 3.78. The van der Waals surface area contributed by atoms with Crippen molar-refractivity contribution < 1.29 is 4.79 Å². The lowest BCUT2D eigenvalue weighted by Crippen LogP contribution is -2.47. The zero-order valence-corrected chi connectivity index (χ0v) is 10.9. The van der Waals surface area contributed by atoms with Gasteiger partial charge in [0.1, 0.15) is 0 Å². The Labute approximate surface area is 105 Å². The summed E-state index contributed by atoms with van der Waals surface area (Å²) in [5.41, 5.74) is 0. The first kappa shape index (κ1) is 11.9. The number of thiophene rings is 1. The fraction of sp³-hybridized carbons (Fsp3) is 0.545. The summed E-state index contributed by atoms with van der Waals surface area (Å²) < 4.78 is 0.751. The van der Waals surface area contributed by atoms with E-state index in [1.165, 1.54) is 11.3 Å². The first-order valence-electron chi connectivity index (χ1n) is 5.35. The Hall–Kier alpha value is -0.580. The van der Waals surface area contributed by atoms with Crippen molar-refractivity contribution in [2.24, 2.45) is 0 Å². The molecule has 0 aromatic carbocycles. The van der Waals surface area contributed by atoms with E-state index in [0.29, 0.717) is 6.42 Å². The summed E-state index contributed by atoms with van der Waals surface area (Å²) in [5, 5.41) is 0. The molecule has 1 aromatic heterocycles. The van der Waals surface area contributed by atoms with Crippen LogP contribution >= 0.6 is 22.9 Å². The van der Waals surface area contributed by atoms with E-state index in [0.717, 1.165) is 35.4 Å². The van der Waals surface area contributed by atoms with E-state index in [4.69, 9.17) is 11.6 Å². The number of hydrogen-bond acceptors (Lipinski definition) is 3. The van der Waals surface area contributed by atoms with Crippen molar-refractivity contribution in [1.82, 2.24) is 9.80 Å². The van der Waals surface area contributed by atoms with E-state index in [1.54, 1.807) is 0 Å². The molecule has 0 radical (unpaired) electrons. The number of hydrogen-bond donors (Lipinski definition) is 0. The Bertz CT molecular complexity index is 372. The largest absolute Gasteiger partial charge is 0.340 e. The molecule has 0 atom stereocenters. The van der Waals surface area contributed by atoms with Crippen LogP contribution < -0.4 is 0 Å². The molecule has 1 amide bonds. The second-order valence-electron chi connectivity index (χ2n) is 4.07. The minimum Gasteiger partial charge on any atom is -0.340 e. The zero-order chi connectivity index (χ0) is 11.5. The number of carbonyl (C=O) groups excluding carboxylic acids is 1. The fourth-order valence-corrected chi connectivity index (χ4v) is 2.84. The molecule has 3 nitrogen and oxygen atoms in total. The van der Waals surface area contributed by atoms with Crippen LogP contribution in [0.3, 0.4) is 0 Å². The minimum atomic E-state index is 0.214. The molecule has 2 rings (SSSR count). The number of amides is 1. The summed E-state index contributed by atoms with van der Waals surface area (Å²) in [6.07, 6.45) is 0.487. The van der Waals surface area contributed by atoms with Gasteiger partial charge in [0.05, 0.1) is 10.8 Å². The highest BCUT2D eigenvalue weighted by atomic mass is 35.5. The molecule has 0 spiro atoms. The lowest BCUT2D eigenvalue weighted by Gasteiger charge is -2.32. The molecule has 1 fully saturated rings. The van der Waals surface area contributed by atoms with Crippen LogP contribution in [0.1, 0.15) is 4.88 Å². The second kappa shape index (κ2) is 5.17. The predicted octanol–water partition coefficient (Wildman–Crippen LogP) is 1.72. The highest BCUT2D eigenvalue weighted by molar-refractivity contribution is 7.16. The normalized spacial score (nSPS) is 17.8. The smallest absolute Gasteiger partial charge is 0.227 e. The molecule has 0 saturated carbocycles. The van der Waals surface area contributed by atoms with Crippen molar-refractivity contribution in [2.75, 3.05) is 33.2 Å².